The molecule has 1 heterocycles. The van der Waals surface area contributed by atoms with Gasteiger partial charge >= 0.3 is 0 Å². The lowest BCUT2D eigenvalue weighted by Crippen LogP contribution is -2.22. The van der Waals surface area contributed by atoms with Gasteiger partial charge in [-0.3, -0.25) is 9.63 Å². The van der Waals surface area contributed by atoms with Gasteiger partial charge in [-0.2, -0.15) is 5.06 Å². The molecule has 4 heteroatoms. The Hall–Kier alpha value is -1.68. The quantitative estimate of drug-likeness (QED) is 0.721. The first-order valence-electron chi connectivity index (χ1n) is 5.30. The van der Waals surface area contributed by atoms with Gasteiger partial charge in [-0.25, -0.2) is 0 Å². The Kier molecular flexibility index (Phi) is 3.31. The number of anilines is 1. The van der Waals surface area contributed by atoms with E-state index < -0.39 is 0 Å². The number of carbonyl (C=O) groups is 2. The molecule has 1 aromatic carbocycles. The van der Waals surface area contributed by atoms with Crippen LogP contribution < -0.4 is 5.06 Å². The summed E-state index contributed by atoms with van der Waals surface area (Å²) in [5, 5.41) is 1.32. The van der Waals surface area contributed by atoms with Crippen molar-refractivity contribution in [1.82, 2.24) is 0 Å². The van der Waals surface area contributed by atoms with Gasteiger partial charge in [0.2, 0.25) is 0 Å². The maximum atomic E-state index is 11.4. The minimum Gasteiger partial charge on any atom is -0.303 e. The molecule has 16 heavy (non-hydrogen) atoms. The number of benzene rings is 1. The molecule has 0 unspecified atom stereocenters. The molecule has 1 aromatic rings. The number of hydrogen-bond donors (Lipinski definition) is 0. The van der Waals surface area contributed by atoms with Gasteiger partial charge in [0.1, 0.15) is 6.29 Å². The zero-order valence-corrected chi connectivity index (χ0v) is 8.89. The zero-order valence-electron chi connectivity index (χ0n) is 8.89. The van der Waals surface area contributed by atoms with E-state index in [1.165, 1.54) is 5.06 Å². The molecule has 2 rings (SSSR count). The molecular weight excluding hydrogens is 206 g/mol. The van der Waals surface area contributed by atoms with Gasteiger partial charge < -0.3 is 4.79 Å². The second-order valence-corrected chi connectivity index (χ2v) is 3.64. The summed E-state index contributed by atoms with van der Waals surface area (Å²) < 4.78 is 0. The van der Waals surface area contributed by atoms with E-state index in [-0.39, 0.29) is 5.91 Å². The van der Waals surface area contributed by atoms with Gasteiger partial charge in [-0.15, -0.1) is 0 Å². The highest BCUT2D eigenvalue weighted by molar-refractivity contribution is 5.92. The van der Waals surface area contributed by atoms with E-state index in [0.29, 0.717) is 19.4 Å². The van der Waals surface area contributed by atoms with Crippen LogP contribution in [0.4, 0.5) is 5.69 Å². The summed E-state index contributed by atoms with van der Waals surface area (Å²) >= 11 is 0. The van der Waals surface area contributed by atoms with Gasteiger partial charge in [0, 0.05) is 6.42 Å². The highest BCUT2D eigenvalue weighted by Gasteiger charge is 2.22. The topological polar surface area (TPSA) is 46.6 Å². The van der Waals surface area contributed by atoms with Gasteiger partial charge in [0.25, 0.3) is 5.91 Å². The molecule has 0 radical (unpaired) electrons. The normalized spacial score (nSPS) is 15.5. The molecule has 0 N–H and O–H groups in total. The summed E-state index contributed by atoms with van der Waals surface area (Å²) in [6.07, 6.45) is 2.60. The minimum atomic E-state index is -0.0133. The molecular formula is C12H13NO3. The SMILES string of the molecule is O=CCCc1ccc(N2OCCC2=O)cc1. The molecule has 0 saturated carbocycles. The fourth-order valence-electron chi connectivity index (χ4n) is 1.64. The van der Waals surface area contributed by atoms with E-state index >= 15 is 0 Å². The third-order valence-electron chi connectivity index (χ3n) is 2.48. The number of rotatable bonds is 4. The molecule has 0 aromatic heterocycles. The van der Waals surface area contributed by atoms with Crippen molar-refractivity contribution in [2.45, 2.75) is 19.3 Å². The first-order chi connectivity index (χ1) is 7.81. The smallest absolute Gasteiger partial charge is 0.253 e. The first-order valence-corrected chi connectivity index (χ1v) is 5.30. The van der Waals surface area contributed by atoms with E-state index in [1.807, 2.05) is 24.3 Å². The van der Waals surface area contributed by atoms with Crippen molar-refractivity contribution in [2.75, 3.05) is 11.7 Å². The molecule has 4 nitrogen and oxygen atoms in total. The number of hydrogen-bond acceptors (Lipinski definition) is 3. The van der Waals surface area contributed by atoms with Crippen molar-refractivity contribution in [3.63, 3.8) is 0 Å². The van der Waals surface area contributed by atoms with Crippen molar-refractivity contribution >= 4 is 17.9 Å². The monoisotopic (exact) mass is 219 g/mol. The molecule has 84 valence electrons. The van der Waals surface area contributed by atoms with Crippen LogP contribution in [0.2, 0.25) is 0 Å². The lowest BCUT2D eigenvalue weighted by atomic mass is 10.1. The van der Waals surface area contributed by atoms with Gasteiger partial charge in [0.05, 0.1) is 18.7 Å². The van der Waals surface area contributed by atoms with Crippen LogP contribution in [0.1, 0.15) is 18.4 Å². The maximum absolute atomic E-state index is 11.4. The van der Waals surface area contributed by atoms with Crippen LogP contribution in [0.15, 0.2) is 24.3 Å². The van der Waals surface area contributed by atoms with Crippen LogP contribution in [-0.4, -0.2) is 18.8 Å². The second kappa shape index (κ2) is 4.90. The van der Waals surface area contributed by atoms with E-state index in [1.54, 1.807) is 0 Å². The Morgan fingerprint density at radius 3 is 2.62 bits per heavy atom. The molecule has 1 aliphatic heterocycles. The van der Waals surface area contributed by atoms with Gasteiger partial charge in [0.15, 0.2) is 0 Å². The van der Waals surface area contributed by atoms with Crippen LogP contribution in [0.3, 0.4) is 0 Å². The summed E-state index contributed by atoms with van der Waals surface area (Å²) in [5.41, 5.74) is 1.83. The van der Waals surface area contributed by atoms with Crippen molar-refractivity contribution in [3.05, 3.63) is 29.8 Å². The van der Waals surface area contributed by atoms with Gasteiger partial charge in [-0.05, 0) is 24.1 Å². The average molecular weight is 219 g/mol. The lowest BCUT2D eigenvalue weighted by Gasteiger charge is -2.14. The van der Waals surface area contributed by atoms with Crippen LogP contribution in [0.25, 0.3) is 0 Å². The third kappa shape index (κ3) is 2.28. The lowest BCUT2D eigenvalue weighted by molar-refractivity contribution is -0.119. The standard InChI is InChI=1S/C12H13NO3/c14-8-1-2-10-3-5-11(6-4-10)13-12(15)7-9-16-13/h3-6,8H,1-2,7,9H2. The summed E-state index contributed by atoms with van der Waals surface area (Å²) in [6.45, 7) is 0.450. The predicted molar refractivity (Wildman–Crippen MR) is 58.9 cm³/mol. The van der Waals surface area contributed by atoms with E-state index in [9.17, 15) is 9.59 Å². The van der Waals surface area contributed by atoms with Crippen molar-refractivity contribution < 1.29 is 14.4 Å². The summed E-state index contributed by atoms with van der Waals surface area (Å²) in [5.74, 6) is -0.0133. The number of aryl methyl sites for hydroxylation is 1. The molecule has 0 spiro atoms. The Morgan fingerprint density at radius 1 is 1.31 bits per heavy atom. The summed E-state index contributed by atoms with van der Waals surface area (Å²) in [4.78, 5) is 26.8. The van der Waals surface area contributed by atoms with Gasteiger partial charge in [-0.1, -0.05) is 12.1 Å². The van der Waals surface area contributed by atoms with Crippen LogP contribution >= 0.6 is 0 Å². The first kappa shape index (κ1) is 10.8. The van der Waals surface area contributed by atoms with E-state index in [0.717, 1.165) is 24.0 Å². The predicted octanol–water partition coefficient (Wildman–Crippen LogP) is 1.49. The largest absolute Gasteiger partial charge is 0.303 e. The van der Waals surface area contributed by atoms with E-state index in [4.69, 9.17) is 4.84 Å². The number of nitrogens with zero attached hydrogens (tertiary/aromatic N) is 1. The number of aldehydes is 1. The van der Waals surface area contributed by atoms with Crippen molar-refractivity contribution in [1.29, 1.82) is 0 Å². The van der Waals surface area contributed by atoms with Crippen molar-refractivity contribution in [2.24, 2.45) is 0 Å². The molecule has 1 saturated heterocycles. The Balaban J connectivity index is 2.06. The van der Waals surface area contributed by atoms with Crippen LogP contribution in [0, 0.1) is 0 Å². The Bertz CT molecular complexity index is 386. The fourth-order valence-corrected chi connectivity index (χ4v) is 1.64. The van der Waals surface area contributed by atoms with Crippen LogP contribution in [0.5, 0.6) is 0 Å². The highest BCUT2D eigenvalue weighted by Crippen LogP contribution is 2.20. The number of hydroxylamine groups is 1. The molecule has 1 fully saturated rings. The third-order valence-corrected chi connectivity index (χ3v) is 2.48. The molecule has 0 bridgehead atoms. The fraction of sp³-hybridized carbons (Fsp3) is 0.333. The molecule has 1 amide bonds. The molecule has 0 atom stereocenters. The Labute approximate surface area is 93.8 Å². The van der Waals surface area contributed by atoms with E-state index in [2.05, 4.69) is 0 Å². The minimum absolute atomic E-state index is 0.0133. The van der Waals surface area contributed by atoms with Crippen molar-refractivity contribution in [3.8, 4) is 0 Å². The highest BCUT2D eigenvalue weighted by atomic mass is 16.7. The zero-order chi connectivity index (χ0) is 11.4. The second-order valence-electron chi connectivity index (χ2n) is 3.64. The molecule has 0 aliphatic carbocycles. The summed E-state index contributed by atoms with van der Waals surface area (Å²) in [6, 6.07) is 7.49. The number of carbonyl (C=O) groups excluding carboxylic acids is 2. The van der Waals surface area contributed by atoms with Crippen LogP contribution in [-0.2, 0) is 20.8 Å². The number of amides is 1. The summed E-state index contributed by atoms with van der Waals surface area (Å²) in [7, 11) is 0. The maximum Gasteiger partial charge on any atom is 0.253 e. The average Bonchev–Trinajstić information content (AvgIpc) is 2.74. The molecule has 1 aliphatic rings. The Morgan fingerprint density at radius 2 is 2.06 bits per heavy atom.